The zero-order chi connectivity index (χ0) is 15.9. The summed E-state index contributed by atoms with van der Waals surface area (Å²) in [5, 5.41) is 0. The van der Waals surface area contributed by atoms with Crippen LogP contribution in [-0.4, -0.2) is 11.9 Å². The van der Waals surface area contributed by atoms with Gasteiger partial charge in [0.25, 0.3) is 0 Å². The van der Waals surface area contributed by atoms with Gasteiger partial charge in [-0.15, -0.1) is 0 Å². The third-order valence-electron chi connectivity index (χ3n) is 2.93. The summed E-state index contributed by atoms with van der Waals surface area (Å²) in [5.74, 6) is -1.49. The predicted molar refractivity (Wildman–Crippen MR) is 80.2 cm³/mol. The molecule has 5 heteroatoms. The normalized spacial score (nSPS) is 10.6. The molecular formula is C17H14FNO3. The van der Waals surface area contributed by atoms with Crippen LogP contribution in [0.3, 0.4) is 0 Å². The van der Waals surface area contributed by atoms with Crippen LogP contribution in [0.25, 0.3) is 6.08 Å². The monoisotopic (exact) mass is 299 g/mol. The van der Waals surface area contributed by atoms with Gasteiger partial charge in [0.05, 0.1) is 0 Å². The maximum atomic E-state index is 12.7. The first-order valence-electron chi connectivity index (χ1n) is 6.54. The smallest absolute Gasteiger partial charge is 0.331 e. The van der Waals surface area contributed by atoms with E-state index >= 15 is 0 Å². The second-order valence-corrected chi connectivity index (χ2v) is 4.51. The Balaban J connectivity index is 1.96. The second kappa shape index (κ2) is 7.17. The van der Waals surface area contributed by atoms with Gasteiger partial charge in [-0.1, -0.05) is 30.3 Å². The topological polar surface area (TPSA) is 69.4 Å². The van der Waals surface area contributed by atoms with Crippen LogP contribution >= 0.6 is 0 Å². The van der Waals surface area contributed by atoms with Crippen molar-refractivity contribution in [3.63, 3.8) is 0 Å². The van der Waals surface area contributed by atoms with E-state index in [4.69, 9.17) is 10.5 Å². The van der Waals surface area contributed by atoms with Gasteiger partial charge in [-0.05, 0) is 29.8 Å². The van der Waals surface area contributed by atoms with Crippen molar-refractivity contribution in [1.29, 1.82) is 0 Å². The van der Waals surface area contributed by atoms with E-state index in [1.807, 2.05) is 0 Å². The van der Waals surface area contributed by atoms with Crippen molar-refractivity contribution in [2.45, 2.75) is 6.61 Å². The zero-order valence-electron chi connectivity index (χ0n) is 11.7. The number of ether oxygens (including phenoxy) is 1. The highest BCUT2D eigenvalue weighted by Crippen LogP contribution is 2.10. The van der Waals surface area contributed by atoms with Crippen LogP contribution in [0.4, 0.5) is 4.39 Å². The maximum Gasteiger partial charge on any atom is 0.331 e. The van der Waals surface area contributed by atoms with Gasteiger partial charge in [-0.2, -0.15) is 0 Å². The first-order valence-corrected chi connectivity index (χ1v) is 6.54. The Labute approximate surface area is 127 Å². The van der Waals surface area contributed by atoms with Crippen LogP contribution in [0.2, 0.25) is 0 Å². The lowest BCUT2D eigenvalue weighted by Crippen LogP contribution is -2.14. The average Bonchev–Trinajstić information content (AvgIpc) is 2.52. The minimum atomic E-state index is -0.575. The van der Waals surface area contributed by atoms with E-state index < -0.39 is 11.9 Å². The Morgan fingerprint density at radius 2 is 1.77 bits per heavy atom. The van der Waals surface area contributed by atoms with E-state index in [1.54, 1.807) is 36.4 Å². The van der Waals surface area contributed by atoms with Crippen LogP contribution < -0.4 is 5.73 Å². The third kappa shape index (κ3) is 4.28. The summed E-state index contributed by atoms with van der Waals surface area (Å²) in [6.07, 6.45) is 2.75. The van der Waals surface area contributed by atoms with Gasteiger partial charge in [0.1, 0.15) is 12.4 Å². The van der Waals surface area contributed by atoms with Crippen LogP contribution in [0.15, 0.2) is 54.6 Å². The van der Waals surface area contributed by atoms with Gasteiger partial charge in [-0.25, -0.2) is 9.18 Å². The Kier molecular flexibility index (Phi) is 5.03. The lowest BCUT2D eigenvalue weighted by molar-refractivity contribution is -0.138. The lowest BCUT2D eigenvalue weighted by atomic mass is 10.1. The summed E-state index contributed by atoms with van der Waals surface area (Å²) >= 11 is 0. The number of amides is 1. The standard InChI is InChI=1S/C17H14FNO3/c18-14-8-5-12(6-9-14)7-10-16(20)22-11-13-3-1-2-4-15(13)17(19)21/h1-10H,11H2,(H2,19,21)/b10-7+. The Hall–Kier alpha value is -2.95. The molecule has 0 aliphatic heterocycles. The first kappa shape index (κ1) is 15.4. The van der Waals surface area contributed by atoms with Crippen LogP contribution in [-0.2, 0) is 16.1 Å². The molecule has 0 saturated carbocycles. The van der Waals surface area contributed by atoms with Crippen LogP contribution in [0, 0.1) is 5.82 Å². The fourth-order valence-corrected chi connectivity index (χ4v) is 1.82. The van der Waals surface area contributed by atoms with Crippen molar-refractivity contribution in [3.8, 4) is 0 Å². The number of carbonyl (C=O) groups is 2. The van der Waals surface area contributed by atoms with Gasteiger partial charge in [0.15, 0.2) is 0 Å². The lowest BCUT2D eigenvalue weighted by Gasteiger charge is -2.06. The molecule has 2 N–H and O–H groups in total. The highest BCUT2D eigenvalue weighted by atomic mass is 19.1. The molecule has 0 bridgehead atoms. The number of esters is 1. The molecule has 0 heterocycles. The number of primary amides is 1. The molecule has 0 spiro atoms. The second-order valence-electron chi connectivity index (χ2n) is 4.51. The van der Waals surface area contributed by atoms with E-state index in [-0.39, 0.29) is 12.4 Å². The molecule has 0 unspecified atom stereocenters. The zero-order valence-corrected chi connectivity index (χ0v) is 11.7. The van der Waals surface area contributed by atoms with Crippen molar-refractivity contribution in [3.05, 3.63) is 77.1 Å². The summed E-state index contributed by atoms with van der Waals surface area (Å²) in [4.78, 5) is 22.9. The molecule has 2 aromatic rings. The van der Waals surface area contributed by atoms with Crippen molar-refractivity contribution < 1.29 is 18.7 Å². The molecule has 0 radical (unpaired) electrons. The molecule has 2 aromatic carbocycles. The molecule has 2 rings (SSSR count). The molecular weight excluding hydrogens is 285 g/mol. The Morgan fingerprint density at radius 3 is 2.45 bits per heavy atom. The van der Waals surface area contributed by atoms with Gasteiger partial charge in [0.2, 0.25) is 5.91 Å². The van der Waals surface area contributed by atoms with E-state index in [0.29, 0.717) is 16.7 Å². The predicted octanol–water partition coefficient (Wildman–Crippen LogP) is 2.68. The summed E-state index contributed by atoms with van der Waals surface area (Å²) in [6, 6.07) is 12.3. The number of benzene rings is 2. The summed E-state index contributed by atoms with van der Waals surface area (Å²) in [5.41, 5.74) is 6.78. The van der Waals surface area contributed by atoms with E-state index in [1.165, 1.54) is 24.3 Å². The molecule has 0 aliphatic rings. The Morgan fingerprint density at radius 1 is 1.09 bits per heavy atom. The third-order valence-corrected chi connectivity index (χ3v) is 2.93. The summed E-state index contributed by atoms with van der Waals surface area (Å²) in [6.45, 7) is -0.0499. The van der Waals surface area contributed by atoms with Crippen molar-refractivity contribution in [2.75, 3.05) is 0 Å². The average molecular weight is 299 g/mol. The van der Waals surface area contributed by atoms with Gasteiger partial charge in [0, 0.05) is 17.2 Å². The quantitative estimate of drug-likeness (QED) is 0.681. The van der Waals surface area contributed by atoms with Crippen molar-refractivity contribution in [1.82, 2.24) is 0 Å². The van der Waals surface area contributed by atoms with E-state index in [2.05, 4.69) is 0 Å². The molecule has 0 fully saturated rings. The summed E-state index contributed by atoms with van der Waals surface area (Å²) < 4.78 is 17.8. The molecule has 112 valence electrons. The highest BCUT2D eigenvalue weighted by molar-refractivity contribution is 5.94. The molecule has 22 heavy (non-hydrogen) atoms. The molecule has 0 aromatic heterocycles. The van der Waals surface area contributed by atoms with Crippen molar-refractivity contribution in [2.24, 2.45) is 5.73 Å². The van der Waals surface area contributed by atoms with E-state index in [0.717, 1.165) is 0 Å². The van der Waals surface area contributed by atoms with Gasteiger partial charge >= 0.3 is 5.97 Å². The van der Waals surface area contributed by atoms with E-state index in [9.17, 15) is 14.0 Å². The largest absolute Gasteiger partial charge is 0.458 e. The number of rotatable bonds is 5. The first-order chi connectivity index (χ1) is 10.6. The number of hydrogen-bond donors (Lipinski definition) is 1. The van der Waals surface area contributed by atoms with Gasteiger partial charge in [-0.3, -0.25) is 4.79 Å². The molecule has 4 nitrogen and oxygen atoms in total. The number of nitrogens with two attached hydrogens (primary N) is 1. The molecule has 0 saturated heterocycles. The number of hydrogen-bond acceptors (Lipinski definition) is 3. The number of halogens is 1. The minimum absolute atomic E-state index is 0.0499. The molecule has 0 atom stereocenters. The maximum absolute atomic E-state index is 12.7. The van der Waals surface area contributed by atoms with Crippen LogP contribution in [0.5, 0.6) is 0 Å². The Bertz CT molecular complexity index is 708. The SMILES string of the molecule is NC(=O)c1ccccc1COC(=O)/C=C/c1ccc(F)cc1. The summed E-state index contributed by atoms with van der Waals surface area (Å²) in [7, 11) is 0. The molecule has 0 aliphatic carbocycles. The minimum Gasteiger partial charge on any atom is -0.458 e. The van der Waals surface area contributed by atoms with Crippen LogP contribution in [0.1, 0.15) is 21.5 Å². The van der Waals surface area contributed by atoms with Crippen molar-refractivity contribution >= 4 is 18.0 Å². The van der Waals surface area contributed by atoms with Gasteiger partial charge < -0.3 is 10.5 Å². The fraction of sp³-hybridized carbons (Fsp3) is 0.0588. The molecule has 1 amide bonds. The highest BCUT2D eigenvalue weighted by Gasteiger charge is 2.08. The number of carbonyl (C=O) groups excluding carboxylic acids is 2. The fourth-order valence-electron chi connectivity index (χ4n) is 1.82.